The van der Waals surface area contributed by atoms with Crippen LogP contribution in [0.5, 0.6) is 5.75 Å². The van der Waals surface area contributed by atoms with Crippen LogP contribution in [0.4, 0.5) is 4.39 Å². The normalized spacial score (nSPS) is 10.8. The molecule has 1 aromatic heterocycles. The molecule has 20 heavy (non-hydrogen) atoms. The highest BCUT2D eigenvalue weighted by atomic mass is 19.1. The Morgan fingerprint density at radius 1 is 1.35 bits per heavy atom. The average Bonchev–Trinajstić information content (AvgIpc) is 2.87. The highest BCUT2D eigenvalue weighted by Gasteiger charge is 2.05. The lowest BCUT2D eigenvalue weighted by atomic mass is 10.2. The summed E-state index contributed by atoms with van der Waals surface area (Å²) in [6, 6.07) is 4.96. The molecule has 0 saturated heterocycles. The van der Waals surface area contributed by atoms with Crippen molar-refractivity contribution in [2.75, 3.05) is 13.7 Å². The molecule has 5 heteroatoms. The molecule has 0 bridgehead atoms. The highest BCUT2D eigenvalue weighted by Crippen LogP contribution is 2.18. The number of rotatable bonds is 7. The first-order chi connectivity index (χ1) is 9.72. The van der Waals surface area contributed by atoms with Crippen LogP contribution < -0.4 is 10.1 Å². The Morgan fingerprint density at radius 3 is 2.90 bits per heavy atom. The van der Waals surface area contributed by atoms with Gasteiger partial charge in [-0.1, -0.05) is 13.0 Å². The molecule has 2 rings (SSSR count). The second-order valence-corrected chi connectivity index (χ2v) is 4.69. The van der Waals surface area contributed by atoms with Gasteiger partial charge in [-0.2, -0.15) is 5.10 Å². The van der Waals surface area contributed by atoms with Gasteiger partial charge in [0.2, 0.25) is 0 Å². The Hall–Kier alpha value is -1.88. The summed E-state index contributed by atoms with van der Waals surface area (Å²) in [4.78, 5) is 0. The summed E-state index contributed by atoms with van der Waals surface area (Å²) >= 11 is 0. The maximum absolute atomic E-state index is 13.6. The first-order valence-corrected chi connectivity index (χ1v) is 6.77. The maximum atomic E-state index is 13.6. The van der Waals surface area contributed by atoms with Gasteiger partial charge in [-0.05, 0) is 30.7 Å². The lowest BCUT2D eigenvalue weighted by Gasteiger charge is -2.05. The zero-order valence-electron chi connectivity index (χ0n) is 11.9. The Kier molecular flexibility index (Phi) is 5.12. The van der Waals surface area contributed by atoms with E-state index in [0.717, 1.165) is 30.6 Å². The standard InChI is InChI=1S/C15H20FN3O/c1-3-6-17-8-13-9-18-19(11-13)10-12-4-5-15(20-2)14(16)7-12/h4-5,7,9,11,17H,3,6,8,10H2,1-2H3. The van der Waals surface area contributed by atoms with E-state index in [1.807, 2.05) is 23.1 Å². The molecular formula is C15H20FN3O. The predicted molar refractivity (Wildman–Crippen MR) is 76.3 cm³/mol. The molecule has 0 atom stereocenters. The topological polar surface area (TPSA) is 39.1 Å². The fourth-order valence-corrected chi connectivity index (χ4v) is 1.99. The number of hydrogen-bond donors (Lipinski definition) is 1. The molecule has 0 aliphatic carbocycles. The van der Waals surface area contributed by atoms with Crippen molar-refractivity contribution in [3.63, 3.8) is 0 Å². The summed E-state index contributed by atoms with van der Waals surface area (Å²) < 4.78 is 20.3. The molecule has 1 aromatic carbocycles. The van der Waals surface area contributed by atoms with Crippen molar-refractivity contribution in [3.8, 4) is 5.75 Å². The summed E-state index contributed by atoms with van der Waals surface area (Å²) in [5.41, 5.74) is 1.99. The van der Waals surface area contributed by atoms with Crippen LogP contribution in [0.25, 0.3) is 0 Å². The van der Waals surface area contributed by atoms with Gasteiger partial charge in [0, 0.05) is 18.3 Å². The largest absolute Gasteiger partial charge is 0.494 e. The highest BCUT2D eigenvalue weighted by molar-refractivity contribution is 5.29. The van der Waals surface area contributed by atoms with Crippen LogP contribution in [0.1, 0.15) is 24.5 Å². The van der Waals surface area contributed by atoms with E-state index in [9.17, 15) is 4.39 Å². The van der Waals surface area contributed by atoms with E-state index < -0.39 is 0 Å². The van der Waals surface area contributed by atoms with Crippen LogP contribution in [-0.4, -0.2) is 23.4 Å². The van der Waals surface area contributed by atoms with E-state index in [0.29, 0.717) is 6.54 Å². The van der Waals surface area contributed by atoms with Crippen LogP contribution in [-0.2, 0) is 13.1 Å². The molecule has 4 nitrogen and oxygen atoms in total. The molecule has 0 aliphatic heterocycles. The van der Waals surface area contributed by atoms with Crippen LogP contribution in [0, 0.1) is 5.82 Å². The molecule has 2 aromatic rings. The van der Waals surface area contributed by atoms with Crippen LogP contribution in [0.3, 0.4) is 0 Å². The second kappa shape index (κ2) is 7.05. The number of aromatic nitrogens is 2. The van der Waals surface area contributed by atoms with Crippen LogP contribution in [0.15, 0.2) is 30.6 Å². The summed E-state index contributed by atoms with van der Waals surface area (Å²) in [6.07, 6.45) is 4.92. The van der Waals surface area contributed by atoms with E-state index in [2.05, 4.69) is 17.3 Å². The van der Waals surface area contributed by atoms with Gasteiger partial charge >= 0.3 is 0 Å². The van der Waals surface area contributed by atoms with E-state index in [1.165, 1.54) is 13.2 Å². The predicted octanol–water partition coefficient (Wildman–Crippen LogP) is 2.58. The van der Waals surface area contributed by atoms with Crippen LogP contribution in [0.2, 0.25) is 0 Å². The van der Waals surface area contributed by atoms with Crippen molar-refractivity contribution < 1.29 is 9.13 Å². The quantitative estimate of drug-likeness (QED) is 0.791. The molecule has 0 amide bonds. The van der Waals surface area contributed by atoms with E-state index >= 15 is 0 Å². The maximum Gasteiger partial charge on any atom is 0.165 e. The Bertz CT molecular complexity index is 554. The molecule has 0 unspecified atom stereocenters. The Balaban J connectivity index is 1.97. The molecule has 0 aliphatic rings. The van der Waals surface area contributed by atoms with Crippen molar-refractivity contribution in [2.45, 2.75) is 26.4 Å². The Labute approximate surface area is 118 Å². The smallest absolute Gasteiger partial charge is 0.165 e. The van der Waals surface area contributed by atoms with Crippen molar-refractivity contribution in [3.05, 3.63) is 47.5 Å². The van der Waals surface area contributed by atoms with Gasteiger partial charge in [0.25, 0.3) is 0 Å². The van der Waals surface area contributed by atoms with E-state index in [-0.39, 0.29) is 11.6 Å². The average molecular weight is 277 g/mol. The molecule has 1 heterocycles. The molecule has 108 valence electrons. The third kappa shape index (κ3) is 3.81. The van der Waals surface area contributed by atoms with Gasteiger partial charge in [0.05, 0.1) is 19.9 Å². The third-order valence-corrected chi connectivity index (χ3v) is 3.00. The van der Waals surface area contributed by atoms with Gasteiger partial charge in [-0.15, -0.1) is 0 Å². The minimum absolute atomic E-state index is 0.263. The van der Waals surface area contributed by atoms with E-state index in [1.54, 1.807) is 6.07 Å². The lowest BCUT2D eigenvalue weighted by molar-refractivity contribution is 0.386. The lowest BCUT2D eigenvalue weighted by Crippen LogP contribution is -2.13. The monoisotopic (exact) mass is 277 g/mol. The minimum atomic E-state index is -0.345. The zero-order chi connectivity index (χ0) is 14.4. The number of benzene rings is 1. The molecule has 1 N–H and O–H groups in total. The fourth-order valence-electron chi connectivity index (χ4n) is 1.99. The number of nitrogens with zero attached hydrogens (tertiary/aromatic N) is 2. The van der Waals surface area contributed by atoms with Gasteiger partial charge in [0.15, 0.2) is 11.6 Å². The number of hydrogen-bond acceptors (Lipinski definition) is 3. The zero-order valence-corrected chi connectivity index (χ0v) is 11.9. The number of nitrogens with one attached hydrogen (secondary N) is 1. The number of ether oxygens (including phenoxy) is 1. The SMILES string of the molecule is CCCNCc1cnn(Cc2ccc(OC)c(F)c2)c1. The van der Waals surface area contributed by atoms with Crippen molar-refractivity contribution >= 4 is 0 Å². The number of halogens is 1. The summed E-state index contributed by atoms with van der Waals surface area (Å²) in [5.74, 6) is -0.0827. The van der Waals surface area contributed by atoms with Gasteiger partial charge in [-0.3, -0.25) is 4.68 Å². The fraction of sp³-hybridized carbons (Fsp3) is 0.400. The Morgan fingerprint density at radius 2 is 2.20 bits per heavy atom. The molecule has 0 saturated carbocycles. The first-order valence-electron chi connectivity index (χ1n) is 6.77. The van der Waals surface area contributed by atoms with Crippen molar-refractivity contribution in [1.82, 2.24) is 15.1 Å². The minimum Gasteiger partial charge on any atom is -0.494 e. The summed E-state index contributed by atoms with van der Waals surface area (Å²) in [7, 11) is 1.46. The van der Waals surface area contributed by atoms with Crippen molar-refractivity contribution in [1.29, 1.82) is 0 Å². The molecular weight excluding hydrogens is 257 g/mol. The van der Waals surface area contributed by atoms with Crippen LogP contribution >= 0.6 is 0 Å². The van der Waals surface area contributed by atoms with Gasteiger partial charge in [-0.25, -0.2) is 4.39 Å². The van der Waals surface area contributed by atoms with E-state index in [4.69, 9.17) is 4.74 Å². The summed E-state index contributed by atoms with van der Waals surface area (Å²) in [6.45, 7) is 4.49. The molecule has 0 fully saturated rings. The molecule has 0 radical (unpaired) electrons. The van der Waals surface area contributed by atoms with Crippen molar-refractivity contribution in [2.24, 2.45) is 0 Å². The molecule has 0 spiro atoms. The van der Waals surface area contributed by atoms with Gasteiger partial charge in [0.1, 0.15) is 0 Å². The first kappa shape index (κ1) is 14.5. The number of methoxy groups -OCH3 is 1. The second-order valence-electron chi connectivity index (χ2n) is 4.69. The third-order valence-electron chi connectivity index (χ3n) is 3.00. The summed E-state index contributed by atoms with van der Waals surface area (Å²) in [5, 5.41) is 7.61. The van der Waals surface area contributed by atoms with Gasteiger partial charge < -0.3 is 10.1 Å².